The molecule has 1 unspecified atom stereocenters. The quantitative estimate of drug-likeness (QED) is 0.365. The van der Waals surface area contributed by atoms with Gasteiger partial charge in [0.05, 0.1) is 30.2 Å². The number of H-pyrrole nitrogens is 1. The van der Waals surface area contributed by atoms with E-state index in [0.717, 1.165) is 46.0 Å². The minimum atomic E-state index is -0.488. The van der Waals surface area contributed by atoms with E-state index < -0.39 is 6.04 Å². The lowest BCUT2D eigenvalue weighted by Gasteiger charge is -2.38. The molecule has 2 N–H and O–H groups in total. The van der Waals surface area contributed by atoms with Gasteiger partial charge in [-0.1, -0.05) is 24.3 Å². The highest BCUT2D eigenvalue weighted by atomic mass is 19.1. The molecule has 0 bridgehead atoms. The summed E-state index contributed by atoms with van der Waals surface area (Å²) in [4.78, 5) is 37.5. The zero-order chi connectivity index (χ0) is 26.9. The number of likely N-dealkylation sites (tertiary alicyclic amines) is 1. The summed E-state index contributed by atoms with van der Waals surface area (Å²) >= 11 is 0. The van der Waals surface area contributed by atoms with E-state index in [1.54, 1.807) is 21.9 Å². The molecule has 6 rings (SSSR count). The van der Waals surface area contributed by atoms with Crippen LogP contribution < -0.4 is 10.1 Å². The molecule has 8 nitrogen and oxygen atoms in total. The van der Waals surface area contributed by atoms with Gasteiger partial charge < -0.3 is 24.8 Å². The topological polar surface area (TPSA) is 90.6 Å². The number of benzene rings is 3. The minimum absolute atomic E-state index is 0.0781. The average molecular weight is 528 g/mol. The van der Waals surface area contributed by atoms with Gasteiger partial charge in [0.25, 0.3) is 0 Å². The lowest BCUT2D eigenvalue weighted by atomic mass is 9.94. The van der Waals surface area contributed by atoms with Crippen LogP contribution in [0.1, 0.15) is 36.9 Å². The van der Waals surface area contributed by atoms with Crippen LogP contribution in [0.15, 0.2) is 60.7 Å². The third-order valence-electron chi connectivity index (χ3n) is 7.38. The van der Waals surface area contributed by atoms with E-state index in [2.05, 4.69) is 27.4 Å². The second kappa shape index (κ2) is 10.4. The summed E-state index contributed by atoms with van der Waals surface area (Å²) in [5.41, 5.74) is 5.41. The molecule has 1 saturated heterocycles. The second-order valence-corrected chi connectivity index (χ2v) is 9.98. The first kappa shape index (κ1) is 24.9. The summed E-state index contributed by atoms with van der Waals surface area (Å²) in [6.07, 6.45) is 0.486. The predicted octanol–water partition coefficient (Wildman–Crippen LogP) is 5.52. The number of Topliss-reactive ketones (excluding diaryl/α,β-unsaturated/α-hetero) is 1. The Morgan fingerprint density at radius 3 is 2.82 bits per heavy atom. The number of anilines is 1. The Bertz CT molecular complexity index is 1550. The maximum Gasteiger partial charge on any atom is 0.320 e. The molecule has 1 aromatic heterocycles. The first-order valence-corrected chi connectivity index (χ1v) is 13.3. The predicted molar refractivity (Wildman–Crippen MR) is 147 cm³/mol. The van der Waals surface area contributed by atoms with Crippen molar-refractivity contribution in [1.29, 1.82) is 0 Å². The molecule has 0 spiro atoms. The molecule has 0 radical (unpaired) electrons. The van der Waals surface area contributed by atoms with E-state index in [0.29, 0.717) is 38.2 Å². The van der Waals surface area contributed by atoms with Crippen molar-refractivity contribution in [1.82, 2.24) is 19.8 Å². The van der Waals surface area contributed by atoms with E-state index in [-0.39, 0.29) is 24.1 Å². The number of rotatable bonds is 4. The van der Waals surface area contributed by atoms with Gasteiger partial charge in [-0.05, 0) is 60.0 Å². The van der Waals surface area contributed by atoms with Gasteiger partial charge in [-0.25, -0.2) is 14.2 Å². The van der Waals surface area contributed by atoms with Crippen LogP contribution >= 0.6 is 0 Å². The zero-order valence-electron chi connectivity index (χ0n) is 21.7. The van der Waals surface area contributed by atoms with Crippen molar-refractivity contribution in [2.24, 2.45) is 0 Å². The van der Waals surface area contributed by atoms with Gasteiger partial charge in [-0.3, -0.25) is 4.79 Å². The van der Waals surface area contributed by atoms with Crippen LogP contribution in [-0.2, 0) is 11.3 Å². The van der Waals surface area contributed by atoms with Gasteiger partial charge in [0.2, 0.25) is 5.95 Å². The standard InChI is InChI=1S/C30H30FN5O3/c1-2-32-29-33-25-8-6-20(16-26(25)34-29)19-7-9-28-22(14-19)18-35(12-13-39-28)30(38)36-11-10-24(37)17-27(36)21-4-3-5-23(31)15-21/h3-9,14-16,27H,2,10-13,17-18H2,1H3,(H2,32,33,34). The molecule has 3 aromatic carbocycles. The number of ketones is 1. The lowest BCUT2D eigenvalue weighted by molar-refractivity contribution is -0.122. The van der Waals surface area contributed by atoms with Crippen molar-refractivity contribution in [3.8, 4) is 16.9 Å². The first-order valence-electron chi connectivity index (χ1n) is 13.3. The molecule has 4 aromatic rings. The number of amides is 2. The van der Waals surface area contributed by atoms with Crippen molar-refractivity contribution in [2.75, 3.05) is 31.6 Å². The Morgan fingerprint density at radius 2 is 1.97 bits per heavy atom. The summed E-state index contributed by atoms with van der Waals surface area (Å²) in [7, 11) is 0. The molecule has 1 atom stereocenters. The van der Waals surface area contributed by atoms with E-state index >= 15 is 0 Å². The summed E-state index contributed by atoms with van der Waals surface area (Å²) < 4.78 is 20.0. The first-order chi connectivity index (χ1) is 19.0. The van der Waals surface area contributed by atoms with Crippen molar-refractivity contribution in [2.45, 2.75) is 32.4 Å². The number of aromatic amines is 1. The number of fused-ring (bicyclic) bond motifs is 2. The number of nitrogens with zero attached hydrogens (tertiary/aromatic N) is 3. The van der Waals surface area contributed by atoms with Crippen LogP contribution in [0.25, 0.3) is 22.2 Å². The van der Waals surface area contributed by atoms with Crippen LogP contribution in [0.3, 0.4) is 0 Å². The number of urea groups is 1. The number of ether oxygens (including phenoxy) is 1. The highest BCUT2D eigenvalue weighted by Gasteiger charge is 2.35. The molecule has 2 amide bonds. The molecule has 1 fully saturated rings. The van der Waals surface area contributed by atoms with Crippen molar-refractivity contribution >= 4 is 28.8 Å². The minimum Gasteiger partial charge on any atom is -0.491 e. The van der Waals surface area contributed by atoms with Crippen LogP contribution in [0, 0.1) is 5.82 Å². The van der Waals surface area contributed by atoms with Crippen molar-refractivity contribution < 1.29 is 18.7 Å². The lowest BCUT2D eigenvalue weighted by Crippen LogP contribution is -2.48. The number of carbonyl (C=O) groups excluding carboxylic acids is 2. The fraction of sp³-hybridized carbons (Fsp3) is 0.300. The summed E-state index contributed by atoms with van der Waals surface area (Å²) in [6, 6.07) is 17.6. The van der Waals surface area contributed by atoms with Gasteiger partial charge in [-0.15, -0.1) is 0 Å². The monoisotopic (exact) mass is 527 g/mol. The normalized spacial score (nSPS) is 17.5. The highest BCUT2D eigenvalue weighted by Crippen LogP contribution is 2.34. The Balaban J connectivity index is 1.27. The number of piperidine rings is 1. The van der Waals surface area contributed by atoms with Crippen LogP contribution in [0.4, 0.5) is 15.1 Å². The summed E-state index contributed by atoms with van der Waals surface area (Å²) in [5, 5.41) is 3.20. The third kappa shape index (κ3) is 5.04. The summed E-state index contributed by atoms with van der Waals surface area (Å²) in [5.74, 6) is 1.19. The van der Waals surface area contributed by atoms with Gasteiger partial charge in [0.1, 0.15) is 24.0 Å². The maximum atomic E-state index is 14.0. The molecule has 39 heavy (non-hydrogen) atoms. The van der Waals surface area contributed by atoms with Gasteiger partial charge in [0, 0.05) is 31.5 Å². The van der Waals surface area contributed by atoms with E-state index in [1.165, 1.54) is 12.1 Å². The highest BCUT2D eigenvalue weighted by molar-refractivity contribution is 5.85. The molecule has 0 saturated carbocycles. The Labute approximate surface area is 225 Å². The molecule has 9 heteroatoms. The number of aromatic nitrogens is 2. The number of imidazole rings is 1. The molecule has 200 valence electrons. The van der Waals surface area contributed by atoms with Gasteiger partial charge >= 0.3 is 6.03 Å². The van der Waals surface area contributed by atoms with Crippen LogP contribution in [-0.4, -0.2) is 57.8 Å². The number of nitrogens with one attached hydrogen (secondary N) is 2. The third-order valence-corrected chi connectivity index (χ3v) is 7.38. The van der Waals surface area contributed by atoms with Crippen LogP contribution in [0.2, 0.25) is 0 Å². The Kier molecular flexibility index (Phi) is 6.64. The molecule has 2 aliphatic heterocycles. The van der Waals surface area contributed by atoms with E-state index in [1.807, 2.05) is 31.2 Å². The number of hydrogen-bond donors (Lipinski definition) is 2. The Morgan fingerprint density at radius 1 is 1.13 bits per heavy atom. The number of halogens is 1. The second-order valence-electron chi connectivity index (χ2n) is 9.98. The molecule has 2 aliphatic rings. The summed E-state index contributed by atoms with van der Waals surface area (Å²) in [6.45, 7) is 4.26. The number of carbonyl (C=O) groups is 2. The molecule has 3 heterocycles. The maximum absolute atomic E-state index is 14.0. The smallest absolute Gasteiger partial charge is 0.320 e. The van der Waals surface area contributed by atoms with Crippen molar-refractivity contribution in [3.05, 3.63) is 77.6 Å². The number of hydrogen-bond acceptors (Lipinski definition) is 5. The molecular weight excluding hydrogens is 497 g/mol. The van der Waals surface area contributed by atoms with Crippen LogP contribution in [0.5, 0.6) is 5.75 Å². The SMILES string of the molecule is CCNc1nc2ccc(-c3ccc4c(c3)CN(C(=O)N3CCC(=O)CC3c3cccc(F)c3)CCO4)cc2[nH]1. The van der Waals surface area contributed by atoms with Gasteiger partial charge in [-0.2, -0.15) is 0 Å². The van der Waals surface area contributed by atoms with E-state index in [4.69, 9.17) is 4.74 Å². The largest absolute Gasteiger partial charge is 0.491 e. The Hall–Kier alpha value is -4.40. The zero-order valence-corrected chi connectivity index (χ0v) is 21.7. The average Bonchev–Trinajstić information content (AvgIpc) is 3.21. The molecular formula is C30H30FN5O3. The van der Waals surface area contributed by atoms with Gasteiger partial charge in [0.15, 0.2) is 0 Å². The molecule has 0 aliphatic carbocycles. The fourth-order valence-electron chi connectivity index (χ4n) is 5.43. The van der Waals surface area contributed by atoms with Crippen molar-refractivity contribution in [3.63, 3.8) is 0 Å². The van der Waals surface area contributed by atoms with E-state index in [9.17, 15) is 14.0 Å². The fourth-order valence-corrected chi connectivity index (χ4v) is 5.43.